The van der Waals surface area contributed by atoms with Crippen molar-refractivity contribution in [3.05, 3.63) is 0 Å². The quantitative estimate of drug-likeness (QED) is 0.367. The van der Waals surface area contributed by atoms with E-state index in [-0.39, 0.29) is 0 Å². The van der Waals surface area contributed by atoms with E-state index in [1.807, 2.05) is 0 Å². The number of rotatable bonds is 11. The monoisotopic (exact) mass is 217 g/mol. The van der Waals surface area contributed by atoms with Gasteiger partial charge in [-0.25, -0.2) is 0 Å². The molecule has 0 aromatic rings. The minimum absolute atomic E-state index is 0.729. The first-order valence-electron chi connectivity index (χ1n) is 6.16. The Balaban J connectivity index is 2.78. The van der Waals surface area contributed by atoms with E-state index in [0.29, 0.717) is 0 Å². The summed E-state index contributed by atoms with van der Waals surface area (Å²) in [5.41, 5.74) is 0. The highest BCUT2D eigenvalue weighted by Gasteiger charge is 1.91. The molecule has 0 amide bonds. The van der Waals surface area contributed by atoms with Gasteiger partial charge in [0.1, 0.15) is 0 Å². The first kappa shape index (κ1) is 14.3. The van der Waals surface area contributed by atoms with Gasteiger partial charge in [-0.2, -0.15) is 0 Å². The molecule has 0 saturated heterocycles. The van der Waals surface area contributed by atoms with Crippen LogP contribution in [0.4, 0.5) is 0 Å². The van der Waals surface area contributed by atoms with Crippen molar-refractivity contribution >= 4 is 12.0 Å². The van der Waals surface area contributed by atoms with E-state index in [9.17, 15) is 4.55 Å². The van der Waals surface area contributed by atoms with Crippen LogP contribution in [0.1, 0.15) is 71.1 Å². The highest BCUT2D eigenvalue weighted by Crippen LogP contribution is 2.11. The third kappa shape index (κ3) is 12.3. The highest BCUT2D eigenvalue weighted by molar-refractivity contribution is 7.93. The second kappa shape index (κ2) is 13.3. The average Bonchev–Trinajstić information content (AvgIpc) is 2.21. The van der Waals surface area contributed by atoms with Crippen LogP contribution in [0.15, 0.2) is 0 Å². The second-order valence-electron chi connectivity index (χ2n) is 4.00. The van der Waals surface area contributed by atoms with Gasteiger partial charge < -0.3 is 4.55 Å². The Labute approximate surface area is 93.9 Å². The van der Waals surface area contributed by atoms with Gasteiger partial charge in [-0.3, -0.25) is 12.0 Å². The fourth-order valence-electron chi connectivity index (χ4n) is 1.65. The van der Waals surface area contributed by atoms with Gasteiger partial charge in [0.2, 0.25) is 0 Å². The van der Waals surface area contributed by atoms with Crippen LogP contribution >= 0.6 is 12.0 Å². The summed E-state index contributed by atoms with van der Waals surface area (Å²) in [5, 5.41) is 0. The molecule has 0 fully saturated rings. The molecular weight excluding hydrogens is 192 g/mol. The van der Waals surface area contributed by atoms with Gasteiger partial charge in [-0.1, -0.05) is 64.7 Å². The summed E-state index contributed by atoms with van der Waals surface area (Å²) in [6, 6.07) is 0. The van der Waals surface area contributed by atoms with E-state index in [2.05, 4.69) is 6.92 Å². The topological polar surface area (TPSA) is 23.1 Å². The van der Waals surface area contributed by atoms with Crippen molar-refractivity contribution in [2.24, 2.45) is 0 Å². The van der Waals surface area contributed by atoms with Crippen molar-refractivity contribution in [3.63, 3.8) is 0 Å². The third-order valence-electron chi connectivity index (χ3n) is 2.58. The molecule has 0 heterocycles. The maximum absolute atomic E-state index is 10.1. The van der Waals surface area contributed by atoms with Gasteiger partial charge in [-0.05, 0) is 12.2 Å². The summed E-state index contributed by atoms with van der Waals surface area (Å²) >= 11 is 0.729. The molecule has 86 valence electrons. The van der Waals surface area contributed by atoms with E-state index >= 15 is 0 Å². The molecule has 0 aliphatic heterocycles. The van der Waals surface area contributed by atoms with Crippen LogP contribution in [0.3, 0.4) is 0 Å². The van der Waals surface area contributed by atoms with Crippen LogP contribution in [-0.2, 0) is 0 Å². The lowest BCUT2D eigenvalue weighted by atomic mass is 10.1. The molecule has 0 aliphatic carbocycles. The molecule has 2 heteroatoms. The van der Waals surface area contributed by atoms with Gasteiger partial charge in [-0.15, -0.1) is 0 Å². The number of unbranched alkanes of at least 4 members (excludes halogenated alkanes) is 9. The Hall–Kier alpha value is 0.310. The van der Waals surface area contributed by atoms with E-state index in [1.54, 1.807) is 0 Å². The Morgan fingerprint density at radius 2 is 1.14 bits per heavy atom. The average molecular weight is 217 g/mol. The Kier molecular flexibility index (Phi) is 13.6. The molecule has 0 rings (SSSR count). The number of hydrogen-bond acceptors (Lipinski definition) is 2. The Bertz CT molecular complexity index is 84.3. The van der Waals surface area contributed by atoms with Crippen molar-refractivity contribution in [1.82, 2.24) is 0 Å². The SMILES string of the molecule is CCCCCCCCCCCCS[O-]. The van der Waals surface area contributed by atoms with Gasteiger partial charge in [0.25, 0.3) is 0 Å². The van der Waals surface area contributed by atoms with Crippen LogP contribution in [0.2, 0.25) is 0 Å². The third-order valence-corrected chi connectivity index (χ3v) is 3.04. The molecule has 14 heavy (non-hydrogen) atoms. The predicted molar refractivity (Wildman–Crippen MR) is 65.1 cm³/mol. The first-order valence-corrected chi connectivity index (χ1v) is 7.07. The molecular formula is C12H25OS-. The minimum atomic E-state index is 0.729. The van der Waals surface area contributed by atoms with Crippen molar-refractivity contribution in [2.45, 2.75) is 71.1 Å². The van der Waals surface area contributed by atoms with Crippen molar-refractivity contribution in [3.8, 4) is 0 Å². The zero-order valence-electron chi connectivity index (χ0n) is 9.59. The van der Waals surface area contributed by atoms with Crippen molar-refractivity contribution < 1.29 is 4.55 Å². The zero-order valence-corrected chi connectivity index (χ0v) is 10.4. The lowest BCUT2D eigenvalue weighted by Gasteiger charge is -2.04. The molecule has 0 N–H and O–H groups in total. The van der Waals surface area contributed by atoms with E-state index in [4.69, 9.17) is 0 Å². The van der Waals surface area contributed by atoms with Gasteiger partial charge >= 0.3 is 0 Å². The fourth-order valence-corrected chi connectivity index (χ4v) is 1.97. The molecule has 0 spiro atoms. The Morgan fingerprint density at radius 1 is 0.714 bits per heavy atom. The van der Waals surface area contributed by atoms with Crippen LogP contribution < -0.4 is 0 Å². The maximum atomic E-state index is 10.1. The summed E-state index contributed by atoms with van der Waals surface area (Å²) in [4.78, 5) is 0. The zero-order chi connectivity index (χ0) is 10.5. The molecule has 0 aromatic heterocycles. The van der Waals surface area contributed by atoms with E-state index in [0.717, 1.165) is 24.2 Å². The summed E-state index contributed by atoms with van der Waals surface area (Å²) in [6.45, 7) is 2.26. The van der Waals surface area contributed by atoms with Crippen LogP contribution in [0.25, 0.3) is 0 Å². The summed E-state index contributed by atoms with van der Waals surface area (Å²) in [5.74, 6) is 0.802. The van der Waals surface area contributed by atoms with Gasteiger partial charge in [0.05, 0.1) is 0 Å². The molecule has 0 bridgehead atoms. The van der Waals surface area contributed by atoms with Crippen molar-refractivity contribution in [1.29, 1.82) is 0 Å². The smallest absolute Gasteiger partial charge is 0.0212 e. The van der Waals surface area contributed by atoms with Crippen molar-refractivity contribution in [2.75, 3.05) is 5.75 Å². The minimum Gasteiger partial charge on any atom is -0.799 e. The van der Waals surface area contributed by atoms with Crippen LogP contribution in [0.5, 0.6) is 0 Å². The first-order chi connectivity index (χ1) is 6.91. The molecule has 0 aromatic carbocycles. The van der Waals surface area contributed by atoms with Gasteiger partial charge in [0, 0.05) is 0 Å². The predicted octanol–water partition coefficient (Wildman–Crippen LogP) is 4.77. The molecule has 0 unspecified atom stereocenters. The molecule has 1 nitrogen and oxygen atoms in total. The van der Waals surface area contributed by atoms with E-state index < -0.39 is 0 Å². The summed E-state index contributed by atoms with van der Waals surface area (Å²) in [7, 11) is 0. The maximum Gasteiger partial charge on any atom is -0.0212 e. The van der Waals surface area contributed by atoms with Crippen LogP contribution in [-0.4, -0.2) is 10.3 Å². The normalized spacial score (nSPS) is 10.7. The second-order valence-corrected chi connectivity index (χ2v) is 4.65. The van der Waals surface area contributed by atoms with E-state index in [1.165, 1.54) is 57.8 Å². The molecule has 0 atom stereocenters. The lowest BCUT2D eigenvalue weighted by molar-refractivity contribution is 0.560. The summed E-state index contributed by atoms with van der Waals surface area (Å²) in [6.07, 6.45) is 13.5. The lowest BCUT2D eigenvalue weighted by Crippen LogP contribution is -1.83. The van der Waals surface area contributed by atoms with Gasteiger partial charge in [0.15, 0.2) is 0 Å². The fraction of sp³-hybridized carbons (Fsp3) is 1.00. The standard InChI is InChI=1S/C12H26OS/c1-2-3-4-5-6-7-8-9-10-11-12-14-13/h13H,2-12H2,1H3/p-1. The summed E-state index contributed by atoms with van der Waals surface area (Å²) < 4.78 is 10.1. The molecule has 0 aliphatic rings. The van der Waals surface area contributed by atoms with Crippen LogP contribution in [0, 0.1) is 0 Å². The number of hydrogen-bond donors (Lipinski definition) is 0. The highest BCUT2D eigenvalue weighted by atomic mass is 32.2. The largest absolute Gasteiger partial charge is 0.799 e. The Morgan fingerprint density at radius 3 is 1.57 bits per heavy atom. The molecule has 0 radical (unpaired) electrons. The molecule has 0 saturated carbocycles.